The van der Waals surface area contributed by atoms with Crippen LogP contribution in [0.3, 0.4) is 0 Å². The lowest BCUT2D eigenvalue weighted by atomic mass is 10.2. The Bertz CT molecular complexity index is 1300. The molecule has 2 N–H and O–H groups in total. The van der Waals surface area contributed by atoms with Crippen molar-refractivity contribution in [3.8, 4) is 5.75 Å². The molecule has 35 heavy (non-hydrogen) atoms. The van der Waals surface area contributed by atoms with Gasteiger partial charge >= 0.3 is 0 Å². The van der Waals surface area contributed by atoms with Gasteiger partial charge < -0.3 is 10.1 Å². The molecule has 0 radical (unpaired) electrons. The first-order chi connectivity index (χ1) is 16.7. The first-order valence-corrected chi connectivity index (χ1v) is 12.6. The molecule has 0 aliphatic rings. The number of para-hydroxylation sites is 2. The van der Waals surface area contributed by atoms with Gasteiger partial charge in [-0.25, -0.2) is 13.8 Å². The summed E-state index contributed by atoms with van der Waals surface area (Å²) in [6.45, 7) is -0.640. The van der Waals surface area contributed by atoms with E-state index in [1.165, 1.54) is 18.3 Å². The summed E-state index contributed by atoms with van der Waals surface area (Å²) in [5.41, 5.74) is 3.83. The predicted octanol–water partition coefficient (Wildman–Crippen LogP) is 3.27. The molecule has 0 aliphatic carbocycles. The molecule has 0 aromatic heterocycles. The molecule has 3 aromatic carbocycles. The van der Waals surface area contributed by atoms with Crippen LogP contribution in [0.15, 0.2) is 84.0 Å². The minimum atomic E-state index is -3.75. The maximum atomic E-state index is 12.3. The SMILES string of the molecule is CS(=O)(=O)N(CC(=O)N/N=C\c1ccc(OCC(=O)Nc2ccccc2)cc1)c1ccccc1Cl. The third-order valence-corrected chi connectivity index (χ3v) is 5.97. The molecule has 3 aromatic rings. The third-order valence-electron chi connectivity index (χ3n) is 4.52. The zero-order valence-corrected chi connectivity index (χ0v) is 20.3. The molecule has 2 amide bonds. The highest BCUT2D eigenvalue weighted by atomic mass is 35.5. The summed E-state index contributed by atoms with van der Waals surface area (Å²) in [7, 11) is -3.75. The minimum absolute atomic E-state index is 0.152. The Morgan fingerprint density at radius 3 is 2.29 bits per heavy atom. The summed E-state index contributed by atoms with van der Waals surface area (Å²) in [5.74, 6) is -0.446. The van der Waals surface area contributed by atoms with Gasteiger partial charge in [0.25, 0.3) is 11.8 Å². The first kappa shape index (κ1) is 25.7. The molecule has 9 nitrogen and oxygen atoms in total. The van der Waals surface area contributed by atoms with E-state index in [1.54, 1.807) is 48.5 Å². The van der Waals surface area contributed by atoms with E-state index in [4.69, 9.17) is 16.3 Å². The van der Waals surface area contributed by atoms with Gasteiger partial charge in [-0.1, -0.05) is 41.9 Å². The normalized spacial score (nSPS) is 11.1. The van der Waals surface area contributed by atoms with E-state index < -0.39 is 22.5 Å². The molecule has 0 bridgehead atoms. The van der Waals surface area contributed by atoms with Crippen molar-refractivity contribution in [1.29, 1.82) is 0 Å². The third kappa shape index (κ3) is 8.13. The summed E-state index contributed by atoms with van der Waals surface area (Å²) in [5, 5.41) is 6.79. The first-order valence-electron chi connectivity index (χ1n) is 10.3. The number of hydrogen-bond acceptors (Lipinski definition) is 6. The van der Waals surface area contributed by atoms with Crippen LogP contribution in [-0.2, 0) is 19.6 Å². The molecule has 11 heteroatoms. The summed E-state index contributed by atoms with van der Waals surface area (Å²) < 4.78 is 30.7. The number of rotatable bonds is 10. The largest absolute Gasteiger partial charge is 0.484 e. The number of hydrazone groups is 1. The Labute approximate surface area is 208 Å². The molecule has 0 saturated carbocycles. The van der Waals surface area contributed by atoms with Gasteiger partial charge in [0.1, 0.15) is 12.3 Å². The Kier molecular flexibility index (Phi) is 8.82. The number of anilines is 2. The van der Waals surface area contributed by atoms with Crippen molar-refractivity contribution in [2.45, 2.75) is 0 Å². The smallest absolute Gasteiger partial charge is 0.262 e. The van der Waals surface area contributed by atoms with Crippen molar-refractivity contribution in [2.24, 2.45) is 5.10 Å². The van der Waals surface area contributed by atoms with Crippen LogP contribution in [0.4, 0.5) is 11.4 Å². The highest BCUT2D eigenvalue weighted by Gasteiger charge is 2.22. The minimum Gasteiger partial charge on any atom is -0.484 e. The molecule has 0 unspecified atom stereocenters. The molecule has 0 spiro atoms. The highest BCUT2D eigenvalue weighted by Crippen LogP contribution is 2.26. The second kappa shape index (κ2) is 12.0. The van der Waals surface area contributed by atoms with E-state index in [2.05, 4.69) is 15.8 Å². The van der Waals surface area contributed by atoms with E-state index in [1.807, 2.05) is 18.2 Å². The van der Waals surface area contributed by atoms with E-state index in [0.717, 1.165) is 10.6 Å². The number of sulfonamides is 1. The zero-order valence-electron chi connectivity index (χ0n) is 18.7. The number of nitrogens with zero attached hydrogens (tertiary/aromatic N) is 2. The van der Waals surface area contributed by atoms with Gasteiger partial charge in [0.15, 0.2) is 6.61 Å². The summed E-state index contributed by atoms with van der Waals surface area (Å²) in [6.07, 6.45) is 2.38. The molecule has 0 heterocycles. The number of carbonyl (C=O) groups is 2. The summed E-state index contributed by atoms with van der Waals surface area (Å²) in [4.78, 5) is 24.2. The van der Waals surface area contributed by atoms with E-state index >= 15 is 0 Å². The molecule has 3 rings (SSSR count). The highest BCUT2D eigenvalue weighted by molar-refractivity contribution is 7.92. The number of nitrogens with one attached hydrogen (secondary N) is 2. The van der Waals surface area contributed by atoms with Crippen LogP contribution in [0.25, 0.3) is 0 Å². The van der Waals surface area contributed by atoms with E-state index in [-0.39, 0.29) is 23.2 Å². The number of halogens is 1. The Morgan fingerprint density at radius 2 is 1.63 bits per heavy atom. The number of ether oxygens (including phenoxy) is 1. The Morgan fingerprint density at radius 1 is 0.971 bits per heavy atom. The van der Waals surface area contributed by atoms with Gasteiger partial charge in [0, 0.05) is 5.69 Å². The lowest BCUT2D eigenvalue weighted by molar-refractivity contribution is -0.119. The quantitative estimate of drug-likeness (QED) is 0.318. The van der Waals surface area contributed by atoms with Gasteiger partial charge in [0.05, 0.1) is 23.2 Å². The standard InChI is InChI=1S/C24H23ClN4O5S/c1-35(32,33)29(22-10-6-5-9-21(22)25)16-23(30)28-26-15-18-11-13-20(14-12-18)34-17-24(31)27-19-7-3-2-4-8-19/h2-15H,16-17H2,1H3,(H,27,31)(H,28,30)/b26-15-. The van der Waals surface area contributed by atoms with Crippen LogP contribution in [-0.4, -0.2) is 45.9 Å². The summed E-state index contributed by atoms with van der Waals surface area (Å²) in [6, 6.07) is 22.1. The van der Waals surface area contributed by atoms with Crippen molar-refractivity contribution >= 4 is 51.0 Å². The second-order valence-corrected chi connectivity index (χ2v) is 9.60. The number of carbonyl (C=O) groups excluding carboxylic acids is 2. The number of amides is 2. The fourth-order valence-electron chi connectivity index (χ4n) is 2.90. The second-order valence-electron chi connectivity index (χ2n) is 7.29. The predicted molar refractivity (Wildman–Crippen MR) is 136 cm³/mol. The van der Waals surface area contributed by atoms with Crippen molar-refractivity contribution in [2.75, 3.05) is 29.0 Å². The van der Waals surface area contributed by atoms with Crippen LogP contribution >= 0.6 is 11.6 Å². The van der Waals surface area contributed by atoms with Crippen molar-refractivity contribution in [3.05, 3.63) is 89.4 Å². The van der Waals surface area contributed by atoms with Crippen molar-refractivity contribution < 1.29 is 22.7 Å². The molecule has 0 atom stereocenters. The van der Waals surface area contributed by atoms with Gasteiger partial charge in [-0.15, -0.1) is 0 Å². The maximum absolute atomic E-state index is 12.3. The van der Waals surface area contributed by atoms with E-state index in [9.17, 15) is 18.0 Å². The fourth-order valence-corrected chi connectivity index (χ4v) is 4.05. The number of benzene rings is 3. The van der Waals surface area contributed by atoms with Crippen LogP contribution in [0.1, 0.15) is 5.56 Å². The van der Waals surface area contributed by atoms with Crippen LogP contribution < -0.4 is 19.8 Å². The lowest BCUT2D eigenvalue weighted by Gasteiger charge is -2.22. The van der Waals surface area contributed by atoms with Gasteiger partial charge in [-0.3, -0.25) is 13.9 Å². The van der Waals surface area contributed by atoms with Gasteiger partial charge in [-0.05, 0) is 54.1 Å². The zero-order chi connectivity index (χ0) is 25.3. The van der Waals surface area contributed by atoms with Crippen molar-refractivity contribution in [1.82, 2.24) is 5.43 Å². The van der Waals surface area contributed by atoms with Crippen LogP contribution in [0.5, 0.6) is 5.75 Å². The average molecular weight is 515 g/mol. The Balaban J connectivity index is 1.50. The van der Waals surface area contributed by atoms with Gasteiger partial charge in [0.2, 0.25) is 10.0 Å². The topological polar surface area (TPSA) is 117 Å². The fraction of sp³-hybridized carbons (Fsp3) is 0.125. The summed E-state index contributed by atoms with van der Waals surface area (Å²) >= 11 is 6.08. The molecule has 0 fully saturated rings. The van der Waals surface area contributed by atoms with Gasteiger partial charge in [-0.2, -0.15) is 5.10 Å². The molecule has 182 valence electrons. The molecular formula is C24H23ClN4O5S. The van der Waals surface area contributed by atoms with E-state index in [0.29, 0.717) is 17.0 Å². The molecular weight excluding hydrogens is 492 g/mol. The monoisotopic (exact) mass is 514 g/mol. The molecule has 0 saturated heterocycles. The van der Waals surface area contributed by atoms with Crippen molar-refractivity contribution in [3.63, 3.8) is 0 Å². The Hall–Kier alpha value is -3.89. The average Bonchev–Trinajstić information content (AvgIpc) is 2.82. The van der Waals surface area contributed by atoms with Crippen LogP contribution in [0, 0.1) is 0 Å². The lowest BCUT2D eigenvalue weighted by Crippen LogP contribution is -2.39. The maximum Gasteiger partial charge on any atom is 0.262 e. The van der Waals surface area contributed by atoms with Crippen LogP contribution in [0.2, 0.25) is 5.02 Å². The number of hydrogen-bond donors (Lipinski definition) is 2. The molecule has 0 aliphatic heterocycles.